The van der Waals surface area contributed by atoms with Crippen LogP contribution >= 0.6 is 22.6 Å². The van der Waals surface area contributed by atoms with Gasteiger partial charge in [-0.25, -0.2) is 4.79 Å². The van der Waals surface area contributed by atoms with Crippen LogP contribution in [0.2, 0.25) is 18.1 Å². The van der Waals surface area contributed by atoms with E-state index in [2.05, 4.69) is 103 Å². The maximum absolute atomic E-state index is 12.6. The normalized spacial score (nSPS) is 27.4. The minimum absolute atomic E-state index is 0.0327. The molecule has 0 amide bonds. The third-order valence-corrected chi connectivity index (χ3v) is 13.6. The summed E-state index contributed by atoms with van der Waals surface area (Å²) in [5.41, 5.74) is 3.18. The molecule has 0 radical (unpaired) electrons. The number of esters is 1. The number of carbonyl (C=O) groups is 1. The molecule has 2 aliphatic heterocycles. The summed E-state index contributed by atoms with van der Waals surface area (Å²) < 4.78 is 12.8. The van der Waals surface area contributed by atoms with E-state index in [0.29, 0.717) is 12.6 Å². The van der Waals surface area contributed by atoms with Gasteiger partial charge < -0.3 is 14.5 Å². The summed E-state index contributed by atoms with van der Waals surface area (Å²) in [7, 11) is -0.270. The summed E-state index contributed by atoms with van der Waals surface area (Å²) in [5, 5.41) is 3.89. The third kappa shape index (κ3) is 4.34. The Bertz CT molecular complexity index is 984. The van der Waals surface area contributed by atoms with Crippen molar-refractivity contribution in [3.8, 4) is 0 Å². The van der Waals surface area contributed by atoms with Crippen LogP contribution in [0.3, 0.4) is 0 Å². The lowest BCUT2D eigenvalue weighted by molar-refractivity contribution is -0.136. The number of hydrogen-bond acceptors (Lipinski definition) is 5. The van der Waals surface area contributed by atoms with Crippen molar-refractivity contribution in [2.45, 2.75) is 69.2 Å². The highest BCUT2D eigenvalue weighted by Crippen LogP contribution is 2.55. The van der Waals surface area contributed by atoms with Gasteiger partial charge in [-0.15, -0.1) is 0 Å². The Morgan fingerprint density at radius 1 is 1.33 bits per heavy atom. The molecule has 1 fully saturated rings. The standard InChI is InChI=1S/C26H37IN2O3Si/c1-25(2,3)33(5,6)32-16-13-18(27)17-29-15-14-26-20-9-7-8-10-21(20)28-23(26)19(24(30)31-4)11-12-22(26)29/h7-11,13,22-23,28H,12,14-17H2,1-6H3/b18-13-/t22?,23-,26+/m0/s1. The summed E-state index contributed by atoms with van der Waals surface area (Å²) in [6.45, 7) is 14.1. The highest BCUT2D eigenvalue weighted by Gasteiger charge is 2.60. The molecular formula is C26H37IN2O3Si. The Balaban J connectivity index is 1.54. The smallest absolute Gasteiger partial charge is 0.335 e. The lowest BCUT2D eigenvalue weighted by Crippen LogP contribution is -2.53. The van der Waals surface area contributed by atoms with Crippen molar-refractivity contribution in [1.29, 1.82) is 0 Å². The molecule has 1 aromatic carbocycles. The number of nitrogens with zero attached hydrogens (tertiary/aromatic N) is 1. The minimum Gasteiger partial charge on any atom is -0.466 e. The van der Waals surface area contributed by atoms with Crippen LogP contribution in [0.5, 0.6) is 0 Å². The summed E-state index contributed by atoms with van der Waals surface area (Å²) in [4.78, 5) is 15.2. The van der Waals surface area contributed by atoms with Gasteiger partial charge in [-0.3, -0.25) is 4.90 Å². The van der Waals surface area contributed by atoms with Crippen LogP contribution in [-0.2, 0) is 19.4 Å². The Hall–Kier alpha value is -1.16. The van der Waals surface area contributed by atoms with Gasteiger partial charge >= 0.3 is 5.97 Å². The van der Waals surface area contributed by atoms with E-state index in [0.717, 1.165) is 37.2 Å². The van der Waals surface area contributed by atoms with E-state index in [1.54, 1.807) is 0 Å². The number of ether oxygens (including phenoxy) is 1. The third-order valence-electron chi connectivity index (χ3n) is 8.29. The molecule has 180 valence electrons. The van der Waals surface area contributed by atoms with E-state index in [-0.39, 0.29) is 22.5 Å². The average molecular weight is 581 g/mol. The van der Waals surface area contributed by atoms with E-state index >= 15 is 0 Å². The number of hydrogen-bond donors (Lipinski definition) is 1. The van der Waals surface area contributed by atoms with E-state index in [1.165, 1.54) is 16.3 Å². The van der Waals surface area contributed by atoms with Crippen molar-refractivity contribution in [2.75, 3.05) is 32.1 Å². The molecule has 0 saturated carbocycles. The highest BCUT2D eigenvalue weighted by molar-refractivity contribution is 14.1. The average Bonchev–Trinajstić information content (AvgIpc) is 3.29. The van der Waals surface area contributed by atoms with Gasteiger partial charge in [0.2, 0.25) is 0 Å². The van der Waals surface area contributed by atoms with E-state index in [9.17, 15) is 4.79 Å². The van der Waals surface area contributed by atoms with Crippen molar-refractivity contribution in [1.82, 2.24) is 4.90 Å². The number of anilines is 1. The van der Waals surface area contributed by atoms with Crippen molar-refractivity contribution in [2.24, 2.45) is 0 Å². The van der Waals surface area contributed by atoms with E-state index in [1.807, 2.05) is 0 Å². The summed E-state index contributed by atoms with van der Waals surface area (Å²) in [5.74, 6) is -0.214. The van der Waals surface area contributed by atoms with Gasteiger partial charge in [0.1, 0.15) is 0 Å². The molecule has 1 aliphatic carbocycles. The SMILES string of the molecule is COC(=O)C1=CCC2N(C/C(I)=C/CO[Si](C)(C)C(C)(C)C)CC[C@@]23c2ccccc2N[C@@H]13. The fourth-order valence-electron chi connectivity index (χ4n) is 5.48. The van der Waals surface area contributed by atoms with Gasteiger partial charge in [0.15, 0.2) is 8.32 Å². The molecule has 7 heteroatoms. The topological polar surface area (TPSA) is 50.8 Å². The summed E-state index contributed by atoms with van der Waals surface area (Å²) >= 11 is 2.48. The molecular weight excluding hydrogens is 543 g/mol. The molecule has 0 aromatic heterocycles. The molecule has 3 atom stereocenters. The van der Waals surface area contributed by atoms with Gasteiger partial charge in [0, 0.05) is 27.3 Å². The Morgan fingerprint density at radius 2 is 2.06 bits per heavy atom. The number of benzene rings is 1. The first-order valence-corrected chi connectivity index (χ1v) is 15.9. The summed E-state index contributed by atoms with van der Waals surface area (Å²) in [6, 6.07) is 8.89. The molecule has 5 nitrogen and oxygen atoms in total. The van der Waals surface area contributed by atoms with E-state index < -0.39 is 8.32 Å². The first-order valence-electron chi connectivity index (χ1n) is 11.9. The molecule has 4 rings (SSSR count). The number of methoxy groups -OCH3 is 1. The van der Waals surface area contributed by atoms with Crippen LogP contribution in [0.1, 0.15) is 39.2 Å². The van der Waals surface area contributed by atoms with Gasteiger partial charge in [0.25, 0.3) is 0 Å². The number of nitrogens with one attached hydrogen (secondary N) is 1. The zero-order valence-corrected chi connectivity index (χ0v) is 23.9. The zero-order chi connectivity index (χ0) is 24.0. The van der Waals surface area contributed by atoms with Crippen LogP contribution in [0, 0.1) is 0 Å². The van der Waals surface area contributed by atoms with Crippen molar-refractivity contribution < 1.29 is 14.0 Å². The van der Waals surface area contributed by atoms with Gasteiger partial charge in [-0.05, 0) is 77.8 Å². The molecule has 2 heterocycles. The molecule has 1 spiro atoms. The predicted octanol–water partition coefficient (Wildman–Crippen LogP) is 5.64. The molecule has 1 aromatic rings. The lowest BCUT2D eigenvalue weighted by Gasteiger charge is -2.43. The number of fused-ring (bicyclic) bond motifs is 1. The van der Waals surface area contributed by atoms with Crippen LogP contribution in [0.15, 0.2) is 45.6 Å². The first-order chi connectivity index (χ1) is 15.5. The van der Waals surface area contributed by atoms with E-state index in [4.69, 9.17) is 9.16 Å². The number of rotatable bonds is 6. The highest BCUT2D eigenvalue weighted by atomic mass is 127. The van der Waals surface area contributed by atoms with Crippen molar-refractivity contribution in [3.63, 3.8) is 0 Å². The van der Waals surface area contributed by atoms with Gasteiger partial charge in [0.05, 0.1) is 25.3 Å². The van der Waals surface area contributed by atoms with Crippen LogP contribution in [0.25, 0.3) is 0 Å². The maximum Gasteiger partial charge on any atom is 0.335 e. The number of carbonyl (C=O) groups excluding carboxylic acids is 1. The van der Waals surface area contributed by atoms with Crippen LogP contribution in [-0.4, -0.2) is 58.1 Å². The molecule has 1 unspecified atom stereocenters. The number of para-hydroxylation sites is 1. The fraction of sp³-hybridized carbons (Fsp3) is 0.577. The Morgan fingerprint density at radius 3 is 2.76 bits per heavy atom. The predicted molar refractivity (Wildman–Crippen MR) is 145 cm³/mol. The maximum atomic E-state index is 12.6. The fourth-order valence-corrected chi connectivity index (χ4v) is 7.03. The van der Waals surface area contributed by atoms with Crippen molar-refractivity contribution >= 4 is 42.6 Å². The first kappa shape index (κ1) is 24.9. The molecule has 3 aliphatic rings. The Labute approximate surface area is 213 Å². The van der Waals surface area contributed by atoms with Gasteiger partial charge in [-0.2, -0.15) is 0 Å². The second-order valence-electron chi connectivity index (χ2n) is 11.0. The van der Waals surface area contributed by atoms with Crippen molar-refractivity contribution in [3.05, 3.63) is 51.1 Å². The van der Waals surface area contributed by atoms with Gasteiger partial charge in [-0.1, -0.05) is 45.0 Å². The van der Waals surface area contributed by atoms with Crippen LogP contribution < -0.4 is 5.32 Å². The second-order valence-corrected chi connectivity index (χ2v) is 17.2. The second kappa shape index (κ2) is 9.13. The largest absolute Gasteiger partial charge is 0.466 e. The minimum atomic E-state index is -1.75. The molecule has 0 bridgehead atoms. The monoisotopic (exact) mass is 580 g/mol. The Kier molecular flexibility index (Phi) is 6.90. The quantitative estimate of drug-likeness (QED) is 0.268. The number of halogens is 1. The molecule has 1 saturated heterocycles. The van der Waals surface area contributed by atoms with Crippen LogP contribution in [0.4, 0.5) is 5.69 Å². The lowest BCUT2D eigenvalue weighted by atomic mass is 9.65. The molecule has 33 heavy (non-hydrogen) atoms. The number of likely N-dealkylation sites (tertiary alicyclic amines) is 1. The zero-order valence-electron chi connectivity index (χ0n) is 20.7. The summed E-state index contributed by atoms with van der Waals surface area (Å²) in [6.07, 6.45) is 6.25. The molecule has 1 N–H and O–H groups in total.